The molecule has 0 aromatic heterocycles. The van der Waals surface area contributed by atoms with Crippen molar-refractivity contribution in [1.82, 2.24) is 10.2 Å². The molecule has 0 radical (unpaired) electrons. The maximum atomic E-state index is 12.3. The van der Waals surface area contributed by atoms with Gasteiger partial charge in [0.2, 0.25) is 0 Å². The Bertz CT molecular complexity index is 416. The third-order valence-electron chi connectivity index (χ3n) is 3.17. The monoisotopic (exact) mass is 280 g/mol. The molecule has 0 aliphatic carbocycles. The number of hydrogen-bond acceptors (Lipinski definition) is 4. The van der Waals surface area contributed by atoms with Crippen LogP contribution in [0.5, 0.6) is 0 Å². The molecular weight excluding hydrogens is 260 g/mol. The van der Waals surface area contributed by atoms with Gasteiger partial charge in [0.25, 0.3) is 5.91 Å². The zero-order valence-corrected chi connectivity index (χ0v) is 12.2. The lowest BCUT2D eigenvalue weighted by Gasteiger charge is -2.28. The highest BCUT2D eigenvalue weighted by Gasteiger charge is 2.19. The molecule has 1 fully saturated rings. The van der Waals surface area contributed by atoms with Crippen molar-refractivity contribution < 1.29 is 9.53 Å². The SMILES string of the molecule is CSc1ccc(C(=O)N(C)CC2CNCCO2)cc1. The fourth-order valence-electron chi connectivity index (χ4n) is 2.08. The van der Waals surface area contributed by atoms with Gasteiger partial charge >= 0.3 is 0 Å². The summed E-state index contributed by atoms with van der Waals surface area (Å²) in [5.41, 5.74) is 0.726. The topological polar surface area (TPSA) is 41.6 Å². The van der Waals surface area contributed by atoms with Crippen molar-refractivity contribution in [2.75, 3.05) is 39.5 Å². The average Bonchev–Trinajstić information content (AvgIpc) is 2.47. The van der Waals surface area contributed by atoms with E-state index >= 15 is 0 Å². The predicted octanol–water partition coefficient (Wildman–Crippen LogP) is 1.47. The van der Waals surface area contributed by atoms with Crippen molar-refractivity contribution in [2.24, 2.45) is 0 Å². The summed E-state index contributed by atoms with van der Waals surface area (Å²) in [6, 6.07) is 7.71. The van der Waals surface area contributed by atoms with Crippen LogP contribution < -0.4 is 5.32 Å². The van der Waals surface area contributed by atoms with Crippen LogP contribution in [0, 0.1) is 0 Å². The van der Waals surface area contributed by atoms with Crippen molar-refractivity contribution >= 4 is 17.7 Å². The standard InChI is InChI=1S/C14H20N2O2S/c1-16(10-12-9-15-7-8-18-12)14(17)11-3-5-13(19-2)6-4-11/h3-6,12,15H,7-10H2,1-2H3. The van der Waals surface area contributed by atoms with E-state index in [0.29, 0.717) is 6.54 Å². The quantitative estimate of drug-likeness (QED) is 0.848. The Morgan fingerprint density at radius 2 is 2.21 bits per heavy atom. The van der Waals surface area contributed by atoms with Crippen LogP contribution in [-0.2, 0) is 4.74 Å². The number of nitrogens with one attached hydrogen (secondary N) is 1. The molecule has 0 bridgehead atoms. The smallest absolute Gasteiger partial charge is 0.253 e. The van der Waals surface area contributed by atoms with Gasteiger partial charge in [-0.1, -0.05) is 0 Å². The molecule has 19 heavy (non-hydrogen) atoms. The number of likely N-dealkylation sites (N-methyl/N-ethyl adjacent to an activating group) is 1. The van der Waals surface area contributed by atoms with Gasteiger partial charge in [-0.05, 0) is 30.5 Å². The van der Waals surface area contributed by atoms with Crippen LogP contribution in [0.3, 0.4) is 0 Å². The van der Waals surface area contributed by atoms with E-state index in [1.807, 2.05) is 37.6 Å². The van der Waals surface area contributed by atoms with Crippen molar-refractivity contribution in [2.45, 2.75) is 11.0 Å². The Kier molecular flexibility index (Phi) is 5.24. The molecule has 1 aliphatic heterocycles. The number of carbonyl (C=O) groups excluding carboxylic acids is 1. The Hall–Kier alpha value is -1.04. The zero-order chi connectivity index (χ0) is 13.7. The molecule has 0 saturated carbocycles. The fourth-order valence-corrected chi connectivity index (χ4v) is 2.49. The first kappa shape index (κ1) is 14.4. The molecule has 1 heterocycles. The van der Waals surface area contributed by atoms with Crippen molar-refractivity contribution in [1.29, 1.82) is 0 Å². The average molecular weight is 280 g/mol. The summed E-state index contributed by atoms with van der Waals surface area (Å²) in [6.07, 6.45) is 2.12. The number of hydrogen-bond donors (Lipinski definition) is 1. The largest absolute Gasteiger partial charge is 0.374 e. The van der Waals surface area contributed by atoms with E-state index in [0.717, 1.165) is 25.3 Å². The third-order valence-corrected chi connectivity index (χ3v) is 3.91. The van der Waals surface area contributed by atoms with Gasteiger partial charge in [-0.25, -0.2) is 0 Å². The molecule has 1 amide bonds. The maximum Gasteiger partial charge on any atom is 0.253 e. The van der Waals surface area contributed by atoms with E-state index in [1.165, 1.54) is 4.90 Å². The highest BCUT2D eigenvalue weighted by Crippen LogP contribution is 2.15. The molecule has 4 nitrogen and oxygen atoms in total. The Morgan fingerprint density at radius 3 is 2.79 bits per heavy atom. The number of morpholine rings is 1. The minimum absolute atomic E-state index is 0.0434. The summed E-state index contributed by atoms with van der Waals surface area (Å²) in [7, 11) is 1.82. The first-order chi connectivity index (χ1) is 9.20. The highest BCUT2D eigenvalue weighted by molar-refractivity contribution is 7.98. The molecule has 1 aromatic rings. The van der Waals surface area contributed by atoms with E-state index in [9.17, 15) is 4.79 Å². The van der Waals surface area contributed by atoms with Crippen LogP contribution in [0.15, 0.2) is 29.2 Å². The second kappa shape index (κ2) is 6.93. The minimum atomic E-state index is 0.0434. The van der Waals surface area contributed by atoms with E-state index in [1.54, 1.807) is 16.7 Å². The molecule has 1 saturated heterocycles. The molecule has 0 spiro atoms. The van der Waals surface area contributed by atoms with E-state index in [2.05, 4.69) is 5.32 Å². The Labute approximate surface area is 118 Å². The fraction of sp³-hybridized carbons (Fsp3) is 0.500. The van der Waals surface area contributed by atoms with Gasteiger partial charge in [0, 0.05) is 37.1 Å². The zero-order valence-electron chi connectivity index (χ0n) is 11.4. The van der Waals surface area contributed by atoms with Crippen LogP contribution in [0.1, 0.15) is 10.4 Å². The molecule has 104 valence electrons. The first-order valence-electron chi connectivity index (χ1n) is 6.42. The van der Waals surface area contributed by atoms with Crippen LogP contribution in [0.4, 0.5) is 0 Å². The summed E-state index contributed by atoms with van der Waals surface area (Å²) in [5, 5.41) is 3.27. The minimum Gasteiger partial charge on any atom is -0.374 e. The molecule has 5 heteroatoms. The first-order valence-corrected chi connectivity index (χ1v) is 7.65. The van der Waals surface area contributed by atoms with Crippen LogP contribution in [-0.4, -0.2) is 56.5 Å². The molecule has 1 N–H and O–H groups in total. The van der Waals surface area contributed by atoms with Gasteiger partial charge in [-0.15, -0.1) is 11.8 Å². The number of amides is 1. The van der Waals surface area contributed by atoms with Gasteiger partial charge in [-0.2, -0.15) is 0 Å². The van der Waals surface area contributed by atoms with E-state index in [4.69, 9.17) is 4.74 Å². The third kappa shape index (κ3) is 3.96. The molecule has 1 atom stereocenters. The summed E-state index contributed by atoms with van der Waals surface area (Å²) in [6.45, 7) is 3.04. The summed E-state index contributed by atoms with van der Waals surface area (Å²) >= 11 is 1.67. The predicted molar refractivity (Wildman–Crippen MR) is 77.8 cm³/mol. The lowest BCUT2D eigenvalue weighted by molar-refractivity contribution is 0.0104. The number of nitrogens with zero attached hydrogens (tertiary/aromatic N) is 1. The maximum absolute atomic E-state index is 12.3. The van der Waals surface area contributed by atoms with Gasteiger partial charge < -0.3 is 15.0 Å². The van der Waals surface area contributed by atoms with Crippen LogP contribution in [0.25, 0.3) is 0 Å². The lowest BCUT2D eigenvalue weighted by Crippen LogP contribution is -2.45. The molecule has 2 rings (SSSR count). The number of carbonyl (C=O) groups is 1. The van der Waals surface area contributed by atoms with Gasteiger partial charge in [-0.3, -0.25) is 4.79 Å². The number of benzene rings is 1. The summed E-state index contributed by atoms with van der Waals surface area (Å²) in [4.78, 5) is 15.2. The Morgan fingerprint density at radius 1 is 1.47 bits per heavy atom. The molecule has 1 aromatic carbocycles. The second-order valence-corrected chi connectivity index (χ2v) is 5.49. The number of thioether (sulfide) groups is 1. The van der Waals surface area contributed by atoms with Gasteiger partial charge in [0.05, 0.1) is 12.7 Å². The highest BCUT2D eigenvalue weighted by atomic mass is 32.2. The molecule has 1 unspecified atom stereocenters. The van der Waals surface area contributed by atoms with Crippen molar-refractivity contribution in [3.05, 3.63) is 29.8 Å². The molecule has 1 aliphatic rings. The van der Waals surface area contributed by atoms with Gasteiger partial charge in [0.15, 0.2) is 0 Å². The normalized spacial score (nSPS) is 19.2. The van der Waals surface area contributed by atoms with Crippen LogP contribution >= 0.6 is 11.8 Å². The number of rotatable bonds is 4. The summed E-state index contributed by atoms with van der Waals surface area (Å²) < 4.78 is 5.61. The molecular formula is C14H20N2O2S. The van der Waals surface area contributed by atoms with Crippen molar-refractivity contribution in [3.8, 4) is 0 Å². The van der Waals surface area contributed by atoms with Crippen LogP contribution in [0.2, 0.25) is 0 Å². The lowest BCUT2D eigenvalue weighted by atomic mass is 10.2. The van der Waals surface area contributed by atoms with Gasteiger partial charge in [0.1, 0.15) is 0 Å². The van der Waals surface area contributed by atoms with E-state index in [-0.39, 0.29) is 12.0 Å². The Balaban J connectivity index is 1.93. The second-order valence-electron chi connectivity index (χ2n) is 4.61. The van der Waals surface area contributed by atoms with E-state index < -0.39 is 0 Å². The van der Waals surface area contributed by atoms with Crippen molar-refractivity contribution in [3.63, 3.8) is 0 Å². The number of ether oxygens (including phenoxy) is 1. The summed E-state index contributed by atoms with van der Waals surface area (Å²) in [5.74, 6) is 0.0434.